The fourth-order valence-electron chi connectivity index (χ4n) is 3.42. The molecular formula is C23H25N5O2. The summed E-state index contributed by atoms with van der Waals surface area (Å²) in [5.74, 6) is 2.22. The van der Waals surface area contributed by atoms with Gasteiger partial charge in [0.1, 0.15) is 17.4 Å². The molecule has 30 heavy (non-hydrogen) atoms. The molecule has 4 rings (SSSR count). The van der Waals surface area contributed by atoms with E-state index in [9.17, 15) is 4.79 Å². The minimum absolute atomic E-state index is 0.290. The summed E-state index contributed by atoms with van der Waals surface area (Å²) in [6.45, 7) is 1.46. The number of amides is 2. The first-order valence-electron chi connectivity index (χ1n) is 10.1. The average molecular weight is 403 g/mol. The van der Waals surface area contributed by atoms with Crippen LogP contribution in [0.2, 0.25) is 0 Å². The van der Waals surface area contributed by atoms with Gasteiger partial charge in [0.2, 0.25) is 0 Å². The van der Waals surface area contributed by atoms with E-state index in [-0.39, 0.29) is 6.03 Å². The minimum Gasteiger partial charge on any atom is -0.497 e. The first kappa shape index (κ1) is 19.7. The maximum atomic E-state index is 12.3. The third-order valence-electron chi connectivity index (χ3n) is 4.97. The molecule has 3 N–H and O–H groups in total. The quantitative estimate of drug-likeness (QED) is 0.581. The zero-order valence-electron chi connectivity index (χ0n) is 16.9. The van der Waals surface area contributed by atoms with Crippen LogP contribution in [0, 0.1) is 0 Å². The summed E-state index contributed by atoms with van der Waals surface area (Å²) < 4.78 is 5.27. The number of nitrogens with one attached hydrogen (secondary N) is 3. The second-order valence-corrected chi connectivity index (χ2v) is 7.11. The highest BCUT2D eigenvalue weighted by Gasteiger charge is 2.11. The zero-order chi connectivity index (χ0) is 20.8. The maximum Gasteiger partial charge on any atom is 0.320 e. The van der Waals surface area contributed by atoms with E-state index in [0.717, 1.165) is 47.9 Å². The number of hydrogen-bond donors (Lipinski definition) is 3. The summed E-state index contributed by atoms with van der Waals surface area (Å²) in [6, 6.07) is 17.0. The van der Waals surface area contributed by atoms with Gasteiger partial charge in [-0.1, -0.05) is 24.3 Å². The van der Waals surface area contributed by atoms with Crippen molar-refractivity contribution < 1.29 is 9.53 Å². The number of pyridine rings is 2. The molecule has 0 radical (unpaired) electrons. The Morgan fingerprint density at radius 1 is 1.13 bits per heavy atom. The van der Waals surface area contributed by atoms with E-state index < -0.39 is 0 Å². The topological polar surface area (TPSA) is 88.2 Å². The molecule has 0 saturated carbocycles. The predicted molar refractivity (Wildman–Crippen MR) is 118 cm³/mol. The van der Waals surface area contributed by atoms with Crippen molar-refractivity contribution in [3.05, 3.63) is 65.9 Å². The van der Waals surface area contributed by atoms with Crippen LogP contribution in [0.5, 0.6) is 5.75 Å². The van der Waals surface area contributed by atoms with Crippen LogP contribution in [-0.4, -0.2) is 36.2 Å². The van der Waals surface area contributed by atoms with Gasteiger partial charge in [0.15, 0.2) is 0 Å². The fraction of sp³-hybridized carbons (Fsp3) is 0.261. The summed E-state index contributed by atoms with van der Waals surface area (Å²) in [7, 11) is 1.63. The van der Waals surface area contributed by atoms with Crippen molar-refractivity contribution in [1.29, 1.82) is 0 Å². The van der Waals surface area contributed by atoms with Gasteiger partial charge in [0.25, 0.3) is 0 Å². The number of anilines is 2. The van der Waals surface area contributed by atoms with Crippen molar-refractivity contribution in [3.63, 3.8) is 0 Å². The molecular weight excluding hydrogens is 378 g/mol. The van der Waals surface area contributed by atoms with Crippen LogP contribution in [0.25, 0.3) is 11.3 Å². The summed E-state index contributed by atoms with van der Waals surface area (Å²) in [4.78, 5) is 21.4. The molecule has 0 bridgehead atoms. The number of aromatic nitrogens is 2. The van der Waals surface area contributed by atoms with Crippen molar-refractivity contribution in [2.75, 3.05) is 30.8 Å². The molecule has 2 aromatic heterocycles. The van der Waals surface area contributed by atoms with Crippen LogP contribution in [0.1, 0.15) is 17.7 Å². The number of benzene rings is 1. The van der Waals surface area contributed by atoms with Crippen LogP contribution in [0.3, 0.4) is 0 Å². The Kier molecular flexibility index (Phi) is 6.08. The van der Waals surface area contributed by atoms with Crippen LogP contribution in [-0.2, 0) is 12.8 Å². The standard InChI is InChI=1S/C23H25N5O2/c1-30-19-7-2-5-17(15-19)20-8-3-9-21(27-20)28-23(29)25-14-12-18-11-10-16-6-4-13-24-22(16)26-18/h2-3,5,7-11,15H,4,6,12-14H2,1H3,(H,24,26)(H2,25,27,28,29). The Labute approximate surface area is 175 Å². The number of ether oxygens (including phenoxy) is 1. The van der Waals surface area contributed by atoms with Gasteiger partial charge in [0.05, 0.1) is 12.8 Å². The fourth-order valence-corrected chi connectivity index (χ4v) is 3.42. The molecule has 2 amide bonds. The lowest BCUT2D eigenvalue weighted by molar-refractivity contribution is 0.252. The molecule has 154 valence electrons. The third-order valence-corrected chi connectivity index (χ3v) is 4.97. The van der Waals surface area contributed by atoms with Crippen LogP contribution < -0.4 is 20.7 Å². The number of methoxy groups -OCH3 is 1. The van der Waals surface area contributed by atoms with Crippen molar-refractivity contribution in [2.45, 2.75) is 19.3 Å². The maximum absolute atomic E-state index is 12.3. The molecule has 0 aliphatic carbocycles. The van der Waals surface area contributed by atoms with Gasteiger partial charge in [-0.2, -0.15) is 0 Å². The summed E-state index contributed by atoms with van der Waals surface area (Å²) >= 11 is 0. The molecule has 0 saturated heterocycles. The molecule has 3 aromatic rings. The number of carbonyl (C=O) groups is 1. The Bertz CT molecular complexity index is 1040. The molecule has 1 aliphatic heterocycles. The molecule has 0 spiro atoms. The lowest BCUT2D eigenvalue weighted by Crippen LogP contribution is -2.31. The predicted octanol–water partition coefficient (Wildman–Crippen LogP) is 3.87. The SMILES string of the molecule is COc1cccc(-c2cccc(NC(=O)NCCc3ccc4c(n3)NCCC4)n2)c1. The van der Waals surface area contributed by atoms with E-state index in [1.54, 1.807) is 13.2 Å². The van der Waals surface area contributed by atoms with E-state index in [1.165, 1.54) is 5.56 Å². The molecule has 0 atom stereocenters. The summed E-state index contributed by atoms with van der Waals surface area (Å²) in [5, 5.41) is 8.99. The van der Waals surface area contributed by atoms with Gasteiger partial charge >= 0.3 is 6.03 Å². The highest BCUT2D eigenvalue weighted by molar-refractivity contribution is 5.88. The number of carbonyl (C=O) groups excluding carboxylic acids is 1. The molecule has 0 fully saturated rings. The lowest BCUT2D eigenvalue weighted by Gasteiger charge is -2.17. The highest BCUT2D eigenvalue weighted by Crippen LogP contribution is 2.23. The third kappa shape index (κ3) is 4.86. The van der Waals surface area contributed by atoms with Crippen molar-refractivity contribution in [3.8, 4) is 17.0 Å². The van der Waals surface area contributed by atoms with E-state index in [0.29, 0.717) is 18.8 Å². The summed E-state index contributed by atoms with van der Waals surface area (Å²) in [6.07, 6.45) is 2.88. The Balaban J connectivity index is 1.32. The number of nitrogens with zero attached hydrogens (tertiary/aromatic N) is 2. The highest BCUT2D eigenvalue weighted by atomic mass is 16.5. The molecule has 0 unspecified atom stereocenters. The van der Waals surface area contributed by atoms with Gasteiger partial charge in [-0.25, -0.2) is 14.8 Å². The average Bonchev–Trinajstić information content (AvgIpc) is 2.79. The monoisotopic (exact) mass is 403 g/mol. The lowest BCUT2D eigenvalue weighted by atomic mass is 10.1. The van der Waals surface area contributed by atoms with Crippen molar-refractivity contribution in [2.24, 2.45) is 0 Å². The van der Waals surface area contributed by atoms with Crippen LogP contribution >= 0.6 is 0 Å². The first-order valence-corrected chi connectivity index (χ1v) is 10.1. The van der Waals surface area contributed by atoms with Gasteiger partial charge in [-0.15, -0.1) is 0 Å². The Morgan fingerprint density at radius 3 is 2.93 bits per heavy atom. The van der Waals surface area contributed by atoms with E-state index >= 15 is 0 Å². The van der Waals surface area contributed by atoms with Crippen molar-refractivity contribution >= 4 is 17.7 Å². The number of urea groups is 1. The number of hydrogen-bond acceptors (Lipinski definition) is 5. The van der Waals surface area contributed by atoms with Crippen molar-refractivity contribution in [1.82, 2.24) is 15.3 Å². The van der Waals surface area contributed by atoms with Gasteiger partial charge in [-0.05, 0) is 48.7 Å². The first-order chi connectivity index (χ1) is 14.7. The molecule has 3 heterocycles. The normalized spacial score (nSPS) is 12.4. The Morgan fingerprint density at radius 2 is 2.03 bits per heavy atom. The van der Waals surface area contributed by atoms with Crippen LogP contribution in [0.15, 0.2) is 54.6 Å². The number of rotatable bonds is 6. The van der Waals surface area contributed by atoms with Gasteiger partial charge in [-0.3, -0.25) is 5.32 Å². The van der Waals surface area contributed by atoms with E-state index in [1.807, 2.05) is 42.5 Å². The molecule has 7 heteroatoms. The largest absolute Gasteiger partial charge is 0.497 e. The number of aryl methyl sites for hydroxylation is 1. The van der Waals surface area contributed by atoms with Gasteiger partial charge in [0, 0.05) is 30.8 Å². The van der Waals surface area contributed by atoms with Gasteiger partial charge < -0.3 is 15.4 Å². The molecule has 1 aliphatic rings. The summed E-state index contributed by atoms with van der Waals surface area (Å²) in [5.41, 5.74) is 3.90. The molecule has 1 aromatic carbocycles. The molecule has 7 nitrogen and oxygen atoms in total. The zero-order valence-corrected chi connectivity index (χ0v) is 16.9. The Hall–Kier alpha value is -3.61. The van der Waals surface area contributed by atoms with E-state index in [4.69, 9.17) is 4.74 Å². The second-order valence-electron chi connectivity index (χ2n) is 7.11. The second kappa shape index (κ2) is 9.26. The van der Waals surface area contributed by atoms with E-state index in [2.05, 4.69) is 32.0 Å². The van der Waals surface area contributed by atoms with Crippen LogP contribution in [0.4, 0.5) is 16.4 Å². The smallest absolute Gasteiger partial charge is 0.320 e. The minimum atomic E-state index is -0.290. The number of fused-ring (bicyclic) bond motifs is 1.